The van der Waals surface area contributed by atoms with Gasteiger partial charge in [0, 0.05) is 5.56 Å². The summed E-state index contributed by atoms with van der Waals surface area (Å²) >= 11 is 0. The monoisotopic (exact) mass is 312 g/mol. The molecule has 0 bridgehead atoms. The van der Waals surface area contributed by atoms with Gasteiger partial charge in [-0.05, 0) is 36.8 Å². The molecule has 0 saturated carbocycles. The molecule has 0 aliphatic heterocycles. The molecule has 0 spiro atoms. The number of hydrogen-bond acceptors (Lipinski definition) is 2. The van der Waals surface area contributed by atoms with Crippen molar-refractivity contribution in [3.8, 4) is 6.07 Å². The number of rotatable bonds is 4. The number of nitrogens with zero attached hydrogens (tertiary/aromatic N) is 1. The summed E-state index contributed by atoms with van der Waals surface area (Å²) in [7, 11) is 0. The summed E-state index contributed by atoms with van der Waals surface area (Å²) in [5.41, 5.74) is 0.427. The average Bonchev–Trinajstić information content (AvgIpc) is 2.56. The van der Waals surface area contributed by atoms with E-state index in [0.29, 0.717) is 0 Å². The van der Waals surface area contributed by atoms with Gasteiger partial charge in [0.15, 0.2) is 0 Å². The number of halogens is 2. The molecule has 0 aliphatic rings. The van der Waals surface area contributed by atoms with Crippen LogP contribution in [0, 0.1) is 23.0 Å². The molecule has 3 nitrogen and oxygen atoms in total. The molecule has 0 fully saturated rings. The van der Waals surface area contributed by atoms with Gasteiger partial charge in [0.2, 0.25) is 0 Å². The maximum absolute atomic E-state index is 13.6. The van der Waals surface area contributed by atoms with Crippen molar-refractivity contribution < 1.29 is 13.6 Å². The van der Waals surface area contributed by atoms with Crippen molar-refractivity contribution in [3.05, 3.63) is 76.9 Å². The third kappa shape index (κ3) is 4.24. The highest BCUT2D eigenvalue weighted by molar-refractivity contribution is 6.01. The van der Waals surface area contributed by atoms with E-state index in [9.17, 15) is 13.6 Å². The van der Waals surface area contributed by atoms with E-state index in [1.807, 2.05) is 30.3 Å². The second kappa shape index (κ2) is 7.32. The molecular formula is C18H14F2N2O. The standard InChI is InChI=1S/C18H14F2N2O/c1-12(13-5-3-2-4-6-13)22-18(23)15(11-21)9-14-10-16(19)7-8-17(14)20/h2-10,12H,1H3,(H,22,23)/b15-9-/t12-/m1/s1. The van der Waals surface area contributed by atoms with Crippen LogP contribution in [0.15, 0.2) is 54.1 Å². The van der Waals surface area contributed by atoms with Crippen LogP contribution in [0.5, 0.6) is 0 Å². The van der Waals surface area contributed by atoms with Crippen molar-refractivity contribution in [1.82, 2.24) is 5.32 Å². The van der Waals surface area contributed by atoms with Crippen LogP contribution in [0.1, 0.15) is 24.1 Å². The van der Waals surface area contributed by atoms with Crippen molar-refractivity contribution >= 4 is 12.0 Å². The second-order valence-electron chi connectivity index (χ2n) is 4.94. The molecule has 2 aromatic carbocycles. The summed E-state index contributed by atoms with van der Waals surface area (Å²) in [5.74, 6) is -2.00. The van der Waals surface area contributed by atoms with E-state index < -0.39 is 17.5 Å². The number of nitrogens with one attached hydrogen (secondary N) is 1. The molecule has 0 saturated heterocycles. The maximum atomic E-state index is 13.6. The normalized spacial score (nSPS) is 12.3. The number of hydrogen-bond donors (Lipinski definition) is 1. The number of amides is 1. The molecule has 1 atom stereocenters. The van der Waals surface area contributed by atoms with E-state index >= 15 is 0 Å². The Morgan fingerprint density at radius 1 is 1.22 bits per heavy atom. The summed E-state index contributed by atoms with van der Waals surface area (Å²) in [5, 5.41) is 11.8. The third-order valence-corrected chi connectivity index (χ3v) is 3.27. The summed E-state index contributed by atoms with van der Waals surface area (Å²) in [6.45, 7) is 1.77. The van der Waals surface area contributed by atoms with Crippen molar-refractivity contribution in [1.29, 1.82) is 5.26 Å². The van der Waals surface area contributed by atoms with Gasteiger partial charge in [-0.3, -0.25) is 4.79 Å². The van der Waals surface area contributed by atoms with Crippen LogP contribution in [0.2, 0.25) is 0 Å². The lowest BCUT2D eigenvalue weighted by molar-refractivity contribution is -0.117. The number of nitriles is 1. The lowest BCUT2D eigenvalue weighted by atomic mass is 10.1. The highest BCUT2D eigenvalue weighted by atomic mass is 19.1. The summed E-state index contributed by atoms with van der Waals surface area (Å²) in [4.78, 5) is 12.1. The Labute approximate surface area is 132 Å². The molecule has 5 heteroatoms. The van der Waals surface area contributed by atoms with Crippen molar-refractivity contribution in [3.63, 3.8) is 0 Å². The van der Waals surface area contributed by atoms with Crippen molar-refractivity contribution in [2.45, 2.75) is 13.0 Å². The fourth-order valence-corrected chi connectivity index (χ4v) is 2.03. The average molecular weight is 312 g/mol. The maximum Gasteiger partial charge on any atom is 0.262 e. The number of carbonyl (C=O) groups excluding carboxylic acids is 1. The Hall–Kier alpha value is -3.00. The third-order valence-electron chi connectivity index (χ3n) is 3.27. The Morgan fingerprint density at radius 2 is 1.91 bits per heavy atom. The first kappa shape index (κ1) is 16.4. The fraction of sp³-hybridized carbons (Fsp3) is 0.111. The minimum absolute atomic E-state index is 0.149. The zero-order valence-corrected chi connectivity index (χ0v) is 12.4. The van der Waals surface area contributed by atoms with Gasteiger partial charge in [-0.15, -0.1) is 0 Å². The van der Waals surface area contributed by atoms with E-state index in [-0.39, 0.29) is 17.2 Å². The Balaban J connectivity index is 2.20. The molecular weight excluding hydrogens is 298 g/mol. The van der Waals surface area contributed by atoms with Crippen LogP contribution in [-0.4, -0.2) is 5.91 Å². The molecule has 1 amide bonds. The van der Waals surface area contributed by atoms with Gasteiger partial charge in [0.05, 0.1) is 6.04 Å². The quantitative estimate of drug-likeness (QED) is 0.690. The van der Waals surface area contributed by atoms with Crippen LogP contribution < -0.4 is 5.32 Å². The first-order valence-corrected chi connectivity index (χ1v) is 6.94. The van der Waals surface area contributed by atoms with E-state index in [0.717, 1.165) is 29.8 Å². The van der Waals surface area contributed by atoms with Crippen LogP contribution >= 0.6 is 0 Å². The molecule has 0 unspecified atom stereocenters. The molecule has 0 heterocycles. The predicted octanol–water partition coefficient (Wildman–Crippen LogP) is 3.75. The van der Waals surface area contributed by atoms with Crippen LogP contribution in [-0.2, 0) is 4.79 Å². The van der Waals surface area contributed by atoms with Crippen LogP contribution in [0.4, 0.5) is 8.78 Å². The minimum atomic E-state index is -0.706. The molecule has 2 rings (SSSR count). The van der Waals surface area contributed by atoms with Gasteiger partial charge in [-0.1, -0.05) is 30.3 Å². The van der Waals surface area contributed by atoms with Gasteiger partial charge in [0.1, 0.15) is 23.3 Å². The minimum Gasteiger partial charge on any atom is -0.345 e. The Kier molecular flexibility index (Phi) is 5.21. The molecule has 23 heavy (non-hydrogen) atoms. The highest BCUT2D eigenvalue weighted by Crippen LogP contribution is 2.16. The molecule has 116 valence electrons. The van der Waals surface area contributed by atoms with E-state index in [2.05, 4.69) is 5.32 Å². The van der Waals surface area contributed by atoms with Gasteiger partial charge in [0.25, 0.3) is 5.91 Å². The number of benzene rings is 2. The smallest absolute Gasteiger partial charge is 0.262 e. The van der Waals surface area contributed by atoms with E-state index in [4.69, 9.17) is 5.26 Å². The highest BCUT2D eigenvalue weighted by Gasteiger charge is 2.14. The summed E-state index contributed by atoms with van der Waals surface area (Å²) in [6.07, 6.45) is 1.03. The second-order valence-corrected chi connectivity index (χ2v) is 4.94. The Morgan fingerprint density at radius 3 is 2.57 bits per heavy atom. The molecule has 0 aliphatic carbocycles. The molecule has 1 N–H and O–H groups in total. The summed E-state index contributed by atoms with van der Waals surface area (Å²) < 4.78 is 26.8. The topological polar surface area (TPSA) is 52.9 Å². The molecule has 2 aromatic rings. The zero-order chi connectivity index (χ0) is 16.8. The SMILES string of the molecule is C[C@@H](NC(=O)/C(C#N)=C\c1cc(F)ccc1F)c1ccccc1. The predicted molar refractivity (Wildman–Crippen MR) is 82.9 cm³/mol. The first-order valence-electron chi connectivity index (χ1n) is 6.94. The number of carbonyl (C=O) groups is 1. The molecule has 0 aromatic heterocycles. The Bertz CT molecular complexity index is 779. The van der Waals surface area contributed by atoms with Crippen LogP contribution in [0.25, 0.3) is 6.08 Å². The van der Waals surface area contributed by atoms with Gasteiger partial charge >= 0.3 is 0 Å². The molecule has 0 radical (unpaired) electrons. The van der Waals surface area contributed by atoms with Crippen LogP contribution in [0.3, 0.4) is 0 Å². The van der Waals surface area contributed by atoms with Crippen molar-refractivity contribution in [2.75, 3.05) is 0 Å². The van der Waals surface area contributed by atoms with Gasteiger partial charge in [-0.25, -0.2) is 8.78 Å². The van der Waals surface area contributed by atoms with Crippen molar-refractivity contribution in [2.24, 2.45) is 0 Å². The zero-order valence-electron chi connectivity index (χ0n) is 12.4. The van der Waals surface area contributed by atoms with Gasteiger partial charge < -0.3 is 5.32 Å². The largest absolute Gasteiger partial charge is 0.345 e. The fourth-order valence-electron chi connectivity index (χ4n) is 2.03. The first-order chi connectivity index (χ1) is 11.0. The van der Waals surface area contributed by atoms with Gasteiger partial charge in [-0.2, -0.15) is 5.26 Å². The lowest BCUT2D eigenvalue weighted by Crippen LogP contribution is -2.27. The lowest BCUT2D eigenvalue weighted by Gasteiger charge is -2.13. The summed E-state index contributed by atoms with van der Waals surface area (Å²) in [6, 6.07) is 13.4. The van der Waals surface area contributed by atoms with E-state index in [1.165, 1.54) is 0 Å². The van der Waals surface area contributed by atoms with E-state index in [1.54, 1.807) is 13.0 Å².